The molecule has 0 saturated heterocycles. The fourth-order valence-corrected chi connectivity index (χ4v) is 6.94. The quantitative estimate of drug-likeness (QED) is 0.0377. The topological polar surface area (TPSA) is 321 Å². The van der Waals surface area contributed by atoms with Crippen molar-refractivity contribution in [2.75, 3.05) is 35.7 Å². The van der Waals surface area contributed by atoms with Gasteiger partial charge in [0.25, 0.3) is 5.91 Å². The molecule has 342 valence electrons. The average Bonchev–Trinajstić information content (AvgIpc) is 3.77. The maximum atomic E-state index is 12.9. The summed E-state index contributed by atoms with van der Waals surface area (Å²) < 4.78 is 5.83. The van der Waals surface area contributed by atoms with Crippen molar-refractivity contribution >= 4 is 69.4 Å². The number of benzene rings is 2. The van der Waals surface area contributed by atoms with Crippen molar-refractivity contribution in [2.24, 2.45) is 0 Å². The Morgan fingerprint density at radius 2 is 1.42 bits per heavy atom. The van der Waals surface area contributed by atoms with Crippen molar-refractivity contribution in [3.63, 3.8) is 0 Å². The molecule has 4 aromatic heterocycles. The van der Waals surface area contributed by atoms with Gasteiger partial charge in [0.15, 0.2) is 22.6 Å². The number of carbonyl (C=O) groups is 4. The molecule has 4 heterocycles. The highest BCUT2D eigenvalue weighted by Gasteiger charge is 2.22. The zero-order valence-electron chi connectivity index (χ0n) is 36.3. The van der Waals surface area contributed by atoms with Gasteiger partial charge in [-0.3, -0.25) is 14.4 Å². The second-order valence-corrected chi connectivity index (χ2v) is 15.6. The number of nitrogens with one attached hydrogen (secondary N) is 4. The molecule has 0 saturated carbocycles. The largest absolute Gasteiger partial charge is 0.480 e. The van der Waals surface area contributed by atoms with Gasteiger partial charge in [-0.05, 0) is 54.7 Å². The van der Waals surface area contributed by atoms with Crippen LogP contribution in [0.15, 0.2) is 61.1 Å². The molecule has 21 heteroatoms. The molecular formula is C44H55N15O6. The summed E-state index contributed by atoms with van der Waals surface area (Å²) in [5.74, 6) is -1.44. The molecule has 21 nitrogen and oxygen atoms in total. The number of fused-ring (bicyclic) bond motifs is 2. The summed E-state index contributed by atoms with van der Waals surface area (Å²) in [4.78, 5) is 83.6. The number of rotatable bonds is 25. The first kappa shape index (κ1) is 46.8. The van der Waals surface area contributed by atoms with E-state index < -0.39 is 17.9 Å². The predicted molar refractivity (Wildman–Crippen MR) is 244 cm³/mol. The summed E-state index contributed by atoms with van der Waals surface area (Å²) in [5, 5.41) is 18.1. The van der Waals surface area contributed by atoms with Gasteiger partial charge >= 0.3 is 5.97 Å². The Morgan fingerprint density at radius 1 is 0.754 bits per heavy atom. The van der Waals surface area contributed by atoms with E-state index in [0.29, 0.717) is 60.0 Å². The van der Waals surface area contributed by atoms with Crippen LogP contribution in [0, 0.1) is 0 Å². The minimum Gasteiger partial charge on any atom is -0.480 e. The van der Waals surface area contributed by atoms with Crippen LogP contribution in [0.3, 0.4) is 0 Å². The number of hydrogen-bond donors (Lipinski definition) is 8. The first-order valence-electron chi connectivity index (χ1n) is 21.5. The van der Waals surface area contributed by atoms with Gasteiger partial charge in [-0.25, -0.2) is 19.7 Å². The highest BCUT2D eigenvalue weighted by Crippen LogP contribution is 2.22. The lowest BCUT2D eigenvalue weighted by molar-refractivity contribution is -0.139. The molecule has 0 unspecified atom stereocenters. The summed E-state index contributed by atoms with van der Waals surface area (Å²) in [7, 11) is 1.84. The third-order valence-corrected chi connectivity index (χ3v) is 10.5. The van der Waals surface area contributed by atoms with Gasteiger partial charge in [0.1, 0.15) is 18.2 Å². The number of aromatic amines is 1. The third-order valence-electron chi connectivity index (χ3n) is 10.5. The van der Waals surface area contributed by atoms with Crippen molar-refractivity contribution in [1.29, 1.82) is 0 Å². The maximum absolute atomic E-state index is 12.9. The molecule has 0 aliphatic rings. The van der Waals surface area contributed by atoms with Crippen molar-refractivity contribution in [1.82, 2.24) is 55.8 Å². The van der Waals surface area contributed by atoms with Crippen LogP contribution in [-0.4, -0.2) is 88.3 Å². The van der Waals surface area contributed by atoms with Gasteiger partial charge in [0.05, 0.1) is 24.8 Å². The minimum absolute atomic E-state index is 0.0135. The smallest absolute Gasteiger partial charge is 0.326 e. The number of anilines is 4. The van der Waals surface area contributed by atoms with Gasteiger partial charge in [-0.2, -0.15) is 19.9 Å². The summed E-state index contributed by atoms with van der Waals surface area (Å²) in [6.07, 6.45) is 11.3. The number of nitrogens with two attached hydrogens (primary N) is 3. The van der Waals surface area contributed by atoms with E-state index in [0.717, 1.165) is 68.2 Å². The molecule has 65 heavy (non-hydrogen) atoms. The predicted octanol–water partition coefficient (Wildman–Crippen LogP) is 3.95. The van der Waals surface area contributed by atoms with Gasteiger partial charge in [-0.1, -0.05) is 62.8 Å². The second kappa shape index (κ2) is 23.1. The lowest BCUT2D eigenvalue weighted by Gasteiger charge is -2.19. The van der Waals surface area contributed by atoms with Gasteiger partial charge in [-0.15, -0.1) is 0 Å². The first-order valence-corrected chi connectivity index (χ1v) is 21.5. The van der Waals surface area contributed by atoms with Gasteiger partial charge < -0.3 is 52.9 Å². The van der Waals surface area contributed by atoms with Crippen molar-refractivity contribution < 1.29 is 29.0 Å². The van der Waals surface area contributed by atoms with Crippen LogP contribution in [0.2, 0.25) is 0 Å². The van der Waals surface area contributed by atoms with E-state index in [1.807, 2.05) is 36.2 Å². The molecule has 0 spiro atoms. The minimum atomic E-state index is -1.23. The molecule has 0 bridgehead atoms. The van der Waals surface area contributed by atoms with E-state index in [-0.39, 0.29) is 54.5 Å². The fraction of sp³-hybridized carbons (Fsp3) is 0.386. The number of H-pyrrole nitrogens is 1. The molecule has 6 rings (SSSR count). The van der Waals surface area contributed by atoms with Crippen LogP contribution in [0.25, 0.3) is 22.3 Å². The Hall–Kier alpha value is -7.71. The summed E-state index contributed by atoms with van der Waals surface area (Å²) in [6.45, 7) is 1.61. The average molecular weight is 890 g/mol. The van der Waals surface area contributed by atoms with Crippen LogP contribution in [-0.2, 0) is 34.1 Å². The molecule has 1 atom stereocenters. The number of hydrogen-bond acceptors (Lipinski definition) is 16. The van der Waals surface area contributed by atoms with Crippen LogP contribution in [0.1, 0.15) is 97.8 Å². The number of imidazole rings is 1. The molecule has 3 amide bonds. The molecule has 2 aromatic carbocycles. The van der Waals surface area contributed by atoms with E-state index in [9.17, 15) is 24.3 Å². The third kappa shape index (κ3) is 14.1. The number of aromatic nitrogens is 8. The van der Waals surface area contributed by atoms with Crippen molar-refractivity contribution in [2.45, 2.75) is 96.4 Å². The van der Waals surface area contributed by atoms with E-state index in [1.54, 1.807) is 30.5 Å². The highest BCUT2D eigenvalue weighted by atomic mass is 16.5. The lowest BCUT2D eigenvalue weighted by atomic mass is 10.1. The van der Waals surface area contributed by atoms with Crippen molar-refractivity contribution in [3.05, 3.63) is 83.4 Å². The SMILES string of the molecule is CN(Cc1cnc2nc(N)nc(N)c2n1)c1ccc(C(=O)N[C@@H](CCC(=O)NCCCCCCCCCCC(=O)NCc2ccc(COc3nc(N)nc4nc[nH]c34)cc2)C(=O)O)cc1. The van der Waals surface area contributed by atoms with E-state index in [4.69, 9.17) is 21.9 Å². The van der Waals surface area contributed by atoms with Gasteiger partial charge in [0.2, 0.25) is 29.6 Å². The van der Waals surface area contributed by atoms with Crippen LogP contribution in [0.5, 0.6) is 5.88 Å². The zero-order valence-corrected chi connectivity index (χ0v) is 36.3. The lowest BCUT2D eigenvalue weighted by Crippen LogP contribution is -2.41. The monoisotopic (exact) mass is 889 g/mol. The Labute approximate surface area is 374 Å². The number of aliphatic carboxylic acids is 1. The number of ether oxygens (including phenoxy) is 1. The normalized spacial score (nSPS) is 11.6. The first-order chi connectivity index (χ1) is 31.4. The molecule has 0 radical (unpaired) electrons. The standard InChI is InChI=1S/C44H55N15O6/c1-59(24-30-23-50-38-35(53-30)37(45)55-43(46)56-38)31-17-15-29(16-18-31)40(62)54-32(42(63)64)19-20-34(61)48-21-9-7-5-3-2-4-6-8-10-33(60)49-22-27-11-13-28(14-12-27)25-65-41-36-39(52-26-51-36)57-44(47)58-41/h11-18,23,26,32H,2-10,19-22,24-25H2,1H3,(H,48,61)(H,49,60)(H,54,62)(H,63,64)(H4,45,46,50,55,56)(H3,47,51,52,57,58)/t32-/m0/s1. The molecule has 0 aliphatic heterocycles. The summed E-state index contributed by atoms with van der Waals surface area (Å²) in [6, 6.07) is 13.2. The fourth-order valence-electron chi connectivity index (χ4n) is 6.94. The highest BCUT2D eigenvalue weighted by molar-refractivity contribution is 5.97. The Morgan fingerprint density at radius 3 is 2.15 bits per heavy atom. The molecule has 0 fully saturated rings. The van der Waals surface area contributed by atoms with Crippen LogP contribution < -0.4 is 42.8 Å². The van der Waals surface area contributed by atoms with Crippen LogP contribution in [0.4, 0.5) is 23.4 Å². The van der Waals surface area contributed by atoms with Crippen molar-refractivity contribution in [3.8, 4) is 5.88 Å². The Balaban J connectivity index is 0.765. The molecule has 6 aromatic rings. The van der Waals surface area contributed by atoms with Gasteiger partial charge in [0, 0.05) is 44.2 Å². The van der Waals surface area contributed by atoms with E-state index in [1.165, 1.54) is 6.33 Å². The maximum Gasteiger partial charge on any atom is 0.326 e. The number of nitrogens with zero attached hydrogens (tertiary/aromatic N) is 8. The van der Waals surface area contributed by atoms with Crippen LogP contribution >= 0.6 is 0 Å². The number of amides is 3. The molecular weight excluding hydrogens is 835 g/mol. The number of unbranched alkanes of at least 4 members (excludes halogenated alkanes) is 7. The number of carboxylic acids is 1. The molecule has 0 aliphatic carbocycles. The Kier molecular flexibility index (Phi) is 16.6. The number of nitrogen functional groups attached to an aromatic ring is 3. The number of carbonyl (C=O) groups excluding carboxylic acids is 3. The summed E-state index contributed by atoms with van der Waals surface area (Å²) in [5.41, 5.74) is 22.6. The second-order valence-electron chi connectivity index (χ2n) is 15.6. The summed E-state index contributed by atoms with van der Waals surface area (Å²) >= 11 is 0. The number of carboxylic acid groups (broad SMARTS) is 1. The Bertz CT molecular complexity index is 2550. The van der Waals surface area contributed by atoms with E-state index in [2.05, 4.69) is 55.8 Å². The zero-order chi connectivity index (χ0) is 46.1. The van der Waals surface area contributed by atoms with E-state index >= 15 is 0 Å². The molecule has 11 N–H and O–H groups in total.